The highest BCUT2D eigenvalue weighted by molar-refractivity contribution is 5.81. The Hall–Kier alpha value is -0.650. The van der Waals surface area contributed by atoms with Crippen molar-refractivity contribution in [3.63, 3.8) is 0 Å². The minimum absolute atomic E-state index is 0.0519. The molecule has 0 aliphatic heterocycles. The minimum Gasteiger partial charge on any atom is -0.385 e. The number of nitrogens with one attached hydrogen (secondary N) is 1. The summed E-state index contributed by atoms with van der Waals surface area (Å²) in [6.07, 6.45) is 2.44. The third-order valence-electron chi connectivity index (χ3n) is 2.32. The molecule has 5 nitrogen and oxygen atoms in total. The number of ether oxygens (including phenoxy) is 2. The van der Waals surface area contributed by atoms with Gasteiger partial charge >= 0.3 is 0 Å². The molecule has 0 fully saturated rings. The van der Waals surface area contributed by atoms with Crippen LogP contribution in [-0.4, -0.2) is 45.4 Å². The van der Waals surface area contributed by atoms with Crippen LogP contribution in [0, 0.1) is 0 Å². The van der Waals surface area contributed by atoms with E-state index in [2.05, 4.69) is 12.2 Å². The molecule has 0 saturated heterocycles. The van der Waals surface area contributed by atoms with Crippen molar-refractivity contribution in [2.75, 3.05) is 27.4 Å². The van der Waals surface area contributed by atoms with E-state index in [1.807, 2.05) is 0 Å². The first-order valence-electron chi connectivity index (χ1n) is 5.69. The van der Waals surface area contributed by atoms with E-state index < -0.39 is 6.04 Å². The van der Waals surface area contributed by atoms with E-state index in [1.165, 1.54) is 0 Å². The van der Waals surface area contributed by atoms with Gasteiger partial charge in [0, 0.05) is 20.8 Å². The zero-order valence-corrected chi connectivity index (χ0v) is 10.5. The summed E-state index contributed by atoms with van der Waals surface area (Å²) >= 11 is 0. The maximum Gasteiger partial charge on any atom is 0.237 e. The average molecular weight is 232 g/mol. The van der Waals surface area contributed by atoms with Crippen molar-refractivity contribution in [2.24, 2.45) is 5.73 Å². The third kappa shape index (κ3) is 6.76. The van der Waals surface area contributed by atoms with E-state index in [-0.39, 0.29) is 11.9 Å². The van der Waals surface area contributed by atoms with Gasteiger partial charge < -0.3 is 20.5 Å². The SMILES string of the molecule is CCCC(COC)NC(=O)C(N)CCOC. The molecule has 2 atom stereocenters. The van der Waals surface area contributed by atoms with E-state index in [4.69, 9.17) is 15.2 Å². The number of hydrogen-bond donors (Lipinski definition) is 2. The van der Waals surface area contributed by atoms with Crippen LogP contribution in [0.1, 0.15) is 26.2 Å². The lowest BCUT2D eigenvalue weighted by Gasteiger charge is -2.19. The van der Waals surface area contributed by atoms with E-state index in [9.17, 15) is 4.79 Å². The van der Waals surface area contributed by atoms with Crippen molar-refractivity contribution in [2.45, 2.75) is 38.3 Å². The van der Waals surface area contributed by atoms with Gasteiger partial charge in [-0.15, -0.1) is 0 Å². The molecule has 0 saturated carbocycles. The van der Waals surface area contributed by atoms with Crippen molar-refractivity contribution in [3.8, 4) is 0 Å². The fourth-order valence-electron chi connectivity index (χ4n) is 1.43. The molecule has 1 amide bonds. The third-order valence-corrected chi connectivity index (χ3v) is 2.32. The van der Waals surface area contributed by atoms with Crippen LogP contribution in [0.15, 0.2) is 0 Å². The van der Waals surface area contributed by atoms with Crippen molar-refractivity contribution in [1.29, 1.82) is 0 Å². The lowest BCUT2D eigenvalue weighted by atomic mass is 10.1. The van der Waals surface area contributed by atoms with Gasteiger partial charge in [-0.2, -0.15) is 0 Å². The van der Waals surface area contributed by atoms with Gasteiger partial charge in [0.05, 0.1) is 18.7 Å². The van der Waals surface area contributed by atoms with Crippen LogP contribution in [0.25, 0.3) is 0 Å². The number of methoxy groups -OCH3 is 2. The second-order valence-electron chi connectivity index (χ2n) is 3.84. The topological polar surface area (TPSA) is 73.6 Å². The van der Waals surface area contributed by atoms with Crippen LogP contribution in [0.5, 0.6) is 0 Å². The molecule has 0 aromatic rings. The van der Waals surface area contributed by atoms with Crippen LogP contribution in [0.3, 0.4) is 0 Å². The zero-order valence-electron chi connectivity index (χ0n) is 10.5. The maximum absolute atomic E-state index is 11.7. The fraction of sp³-hybridized carbons (Fsp3) is 0.909. The molecule has 0 aliphatic carbocycles. The quantitative estimate of drug-likeness (QED) is 0.599. The van der Waals surface area contributed by atoms with Crippen LogP contribution < -0.4 is 11.1 Å². The van der Waals surface area contributed by atoms with E-state index >= 15 is 0 Å². The zero-order chi connectivity index (χ0) is 12.4. The predicted molar refractivity (Wildman–Crippen MR) is 63.2 cm³/mol. The Morgan fingerprint density at radius 2 is 2.00 bits per heavy atom. The van der Waals surface area contributed by atoms with Gasteiger partial charge in [0.25, 0.3) is 0 Å². The monoisotopic (exact) mass is 232 g/mol. The number of nitrogens with two attached hydrogens (primary N) is 1. The largest absolute Gasteiger partial charge is 0.385 e. The average Bonchev–Trinajstić information content (AvgIpc) is 2.26. The lowest BCUT2D eigenvalue weighted by Crippen LogP contribution is -2.47. The molecule has 2 unspecified atom stereocenters. The molecular weight excluding hydrogens is 208 g/mol. The Morgan fingerprint density at radius 3 is 2.50 bits per heavy atom. The molecule has 0 rings (SSSR count). The van der Waals surface area contributed by atoms with Gasteiger partial charge in [0.2, 0.25) is 5.91 Å². The summed E-state index contributed by atoms with van der Waals surface area (Å²) in [5.74, 6) is -0.132. The van der Waals surface area contributed by atoms with Gasteiger partial charge in [0.1, 0.15) is 0 Å². The van der Waals surface area contributed by atoms with Crippen molar-refractivity contribution < 1.29 is 14.3 Å². The smallest absolute Gasteiger partial charge is 0.237 e. The Balaban J connectivity index is 3.96. The summed E-state index contributed by atoms with van der Waals surface area (Å²) in [7, 11) is 3.22. The molecular formula is C11H24N2O3. The molecule has 96 valence electrons. The van der Waals surface area contributed by atoms with Gasteiger partial charge in [-0.25, -0.2) is 0 Å². The van der Waals surface area contributed by atoms with Crippen molar-refractivity contribution in [3.05, 3.63) is 0 Å². The van der Waals surface area contributed by atoms with Gasteiger partial charge in [0.15, 0.2) is 0 Å². The highest BCUT2D eigenvalue weighted by Crippen LogP contribution is 1.98. The summed E-state index contributed by atoms with van der Waals surface area (Å²) < 4.78 is 9.92. The maximum atomic E-state index is 11.7. The van der Waals surface area contributed by atoms with Crippen molar-refractivity contribution >= 4 is 5.91 Å². The first kappa shape index (κ1) is 15.3. The summed E-state index contributed by atoms with van der Waals surface area (Å²) in [6, 6.07) is -0.452. The predicted octanol–water partition coefficient (Wildman–Crippen LogP) is 0.282. The summed E-state index contributed by atoms with van der Waals surface area (Å²) in [6.45, 7) is 3.09. The van der Waals surface area contributed by atoms with Crippen LogP contribution in [0.2, 0.25) is 0 Å². The van der Waals surface area contributed by atoms with Crippen molar-refractivity contribution in [1.82, 2.24) is 5.32 Å². The fourth-order valence-corrected chi connectivity index (χ4v) is 1.43. The van der Waals surface area contributed by atoms with E-state index in [1.54, 1.807) is 14.2 Å². The normalized spacial score (nSPS) is 14.5. The number of hydrogen-bond acceptors (Lipinski definition) is 4. The molecule has 0 aliphatic rings. The minimum atomic E-state index is -0.504. The van der Waals surface area contributed by atoms with E-state index in [0.717, 1.165) is 12.8 Å². The number of carbonyl (C=O) groups is 1. The molecule has 0 heterocycles. The van der Waals surface area contributed by atoms with Crippen LogP contribution in [-0.2, 0) is 14.3 Å². The number of rotatable bonds is 9. The molecule has 0 bridgehead atoms. The number of amides is 1. The summed E-state index contributed by atoms with van der Waals surface area (Å²) in [5, 5.41) is 2.88. The first-order chi connectivity index (χ1) is 7.65. The molecule has 16 heavy (non-hydrogen) atoms. The van der Waals surface area contributed by atoms with Gasteiger partial charge in [-0.3, -0.25) is 4.79 Å². The molecule has 0 aromatic carbocycles. The Morgan fingerprint density at radius 1 is 1.31 bits per heavy atom. The molecule has 0 aromatic heterocycles. The molecule has 0 spiro atoms. The van der Waals surface area contributed by atoms with Gasteiger partial charge in [-0.1, -0.05) is 13.3 Å². The lowest BCUT2D eigenvalue weighted by molar-refractivity contribution is -0.123. The summed E-state index contributed by atoms with van der Waals surface area (Å²) in [5.41, 5.74) is 5.71. The van der Waals surface area contributed by atoms with E-state index in [0.29, 0.717) is 19.6 Å². The molecule has 3 N–H and O–H groups in total. The number of carbonyl (C=O) groups excluding carboxylic acids is 1. The van der Waals surface area contributed by atoms with Gasteiger partial charge in [-0.05, 0) is 12.8 Å². The molecule has 0 radical (unpaired) electrons. The second kappa shape index (κ2) is 9.57. The highest BCUT2D eigenvalue weighted by Gasteiger charge is 2.17. The Labute approximate surface area is 97.7 Å². The Kier molecular flexibility index (Phi) is 9.18. The summed E-state index contributed by atoms with van der Waals surface area (Å²) in [4.78, 5) is 11.7. The highest BCUT2D eigenvalue weighted by atomic mass is 16.5. The second-order valence-corrected chi connectivity index (χ2v) is 3.84. The standard InChI is InChI=1S/C11H24N2O3/c1-4-5-9(8-16-3)13-11(14)10(12)6-7-15-2/h9-10H,4-8,12H2,1-3H3,(H,13,14). The van der Waals surface area contributed by atoms with Crippen LogP contribution >= 0.6 is 0 Å². The van der Waals surface area contributed by atoms with Crippen LogP contribution in [0.4, 0.5) is 0 Å². The Bertz CT molecular complexity index is 182. The molecule has 5 heteroatoms. The first-order valence-corrected chi connectivity index (χ1v) is 5.69.